The summed E-state index contributed by atoms with van der Waals surface area (Å²) in [6, 6.07) is 15.8. The maximum atomic E-state index is 10.8. The zero-order valence-electron chi connectivity index (χ0n) is 27.2. The topological polar surface area (TPSA) is 110 Å². The van der Waals surface area contributed by atoms with Gasteiger partial charge in [-0.1, -0.05) is 48.3 Å². The van der Waals surface area contributed by atoms with Gasteiger partial charge in [0.15, 0.2) is 0 Å². The number of thioether (sulfide) groups is 1. The van der Waals surface area contributed by atoms with Crippen molar-refractivity contribution in [2.75, 3.05) is 26.4 Å². The van der Waals surface area contributed by atoms with Crippen LogP contribution in [-0.2, 0) is 14.3 Å². The number of hydrogen-bond acceptors (Lipinski definition) is 9. The highest BCUT2D eigenvalue weighted by atomic mass is 32.2. The van der Waals surface area contributed by atoms with Crippen molar-refractivity contribution in [3.05, 3.63) is 78.4 Å². The lowest BCUT2D eigenvalue weighted by Gasteiger charge is -2.58. The van der Waals surface area contributed by atoms with Crippen molar-refractivity contribution in [1.82, 2.24) is 0 Å². The van der Waals surface area contributed by atoms with E-state index in [1.54, 1.807) is 23.9 Å². The molecule has 2 fully saturated rings. The molecule has 2 heterocycles. The van der Waals surface area contributed by atoms with Gasteiger partial charge in [0.25, 0.3) is 0 Å². The van der Waals surface area contributed by atoms with Crippen LogP contribution < -0.4 is 4.74 Å². The van der Waals surface area contributed by atoms with Crippen LogP contribution in [0.15, 0.2) is 82.9 Å². The number of hydrogen-bond donors (Lipinski definition) is 3. The molecule has 9 heteroatoms. The Hall–Kier alpha value is -2.82. The Morgan fingerprint density at radius 1 is 1.02 bits per heavy atom. The van der Waals surface area contributed by atoms with Gasteiger partial charge < -0.3 is 34.4 Å². The minimum atomic E-state index is -1.05. The van der Waals surface area contributed by atoms with E-state index in [0.29, 0.717) is 19.6 Å². The number of aliphatic hydroxyl groups is 2. The Bertz CT molecular complexity index is 1390. The second-order valence-electron chi connectivity index (χ2n) is 13.1. The molecule has 0 amide bonds. The van der Waals surface area contributed by atoms with E-state index in [4.69, 9.17) is 24.2 Å². The lowest BCUT2D eigenvalue weighted by atomic mass is 9.56. The number of rotatable bonds is 15. The van der Waals surface area contributed by atoms with E-state index in [1.807, 2.05) is 30.3 Å². The van der Waals surface area contributed by atoms with Crippen LogP contribution in [0.25, 0.3) is 0 Å². The van der Waals surface area contributed by atoms with Gasteiger partial charge in [-0.05, 0) is 86.3 Å². The normalized spacial score (nSPS) is 30.5. The fraction of sp³-hybridized carbons (Fsp3) is 0.553. The Balaban J connectivity index is 1.53. The molecule has 4 aliphatic rings. The minimum absolute atomic E-state index is 0.0520. The van der Waals surface area contributed by atoms with Crippen molar-refractivity contribution in [1.29, 1.82) is 0 Å². The summed E-state index contributed by atoms with van der Waals surface area (Å²) >= 11 is 1.73. The summed E-state index contributed by atoms with van der Waals surface area (Å²) in [5.41, 5.74) is 2.93. The molecule has 0 spiro atoms. The van der Waals surface area contributed by atoms with Crippen LogP contribution in [0.4, 0.5) is 0 Å². The Kier molecular flexibility index (Phi) is 11.6. The van der Waals surface area contributed by atoms with Gasteiger partial charge in [0.05, 0.1) is 30.1 Å². The van der Waals surface area contributed by atoms with E-state index in [-0.39, 0.29) is 54.2 Å². The second-order valence-corrected chi connectivity index (χ2v) is 14.4. The molecule has 3 N–H and O–H groups in total. The summed E-state index contributed by atoms with van der Waals surface area (Å²) in [6.45, 7) is 5.29. The first-order valence-corrected chi connectivity index (χ1v) is 18.2. The van der Waals surface area contributed by atoms with Gasteiger partial charge in [0, 0.05) is 42.4 Å². The number of benzene rings is 2. The predicted molar refractivity (Wildman–Crippen MR) is 184 cm³/mol. The lowest BCUT2D eigenvalue weighted by molar-refractivity contribution is -0.223. The highest BCUT2D eigenvalue weighted by Crippen LogP contribution is 2.63. The third-order valence-corrected chi connectivity index (χ3v) is 11.4. The average molecular weight is 664 g/mol. The summed E-state index contributed by atoms with van der Waals surface area (Å²) in [4.78, 5) is 7.26. The molecule has 1 unspecified atom stereocenters. The molecular formula is C38H49NO7S. The molecular weight excluding hydrogens is 614 g/mol. The smallest absolute Gasteiger partial charge is 0.231 e. The fourth-order valence-electron chi connectivity index (χ4n) is 8.01. The standard InChI is InChI=1S/C38H49NO7S/c1-2-21-44-38-34(47-28-13-4-3-5-14-28)25-32(39-46-35-16-8-11-22-43-35)30-23-26(12-6-9-19-40)29(15-7-10-20-41)36(37(30)38)31-24-27(42)17-18-33(31)45-38/h2-5,13-14,17-18,23-24,26,29,34-37,40-42H,1,6-12,15-16,19-22,25H2/t26-,29+,34-,35?,36+,37+,38+/m0/s1. The SMILES string of the molecule is C=CCO[C@@]12Oc3ccc(O)cc3[C@H]3[C@H](CCCCO)[C@@H](CCCCO)C=C(C(=NOC4CCCCO4)C[C@@H]1Sc1ccccc1)[C@H]32. The first kappa shape index (κ1) is 34.1. The Labute approximate surface area is 282 Å². The number of ether oxygens (including phenoxy) is 3. The number of phenolic OH excluding ortho intramolecular Hbond substituents is 1. The van der Waals surface area contributed by atoms with E-state index in [2.05, 4.69) is 24.8 Å². The summed E-state index contributed by atoms with van der Waals surface area (Å²) in [5.74, 6) is -0.0434. The number of nitrogens with zero attached hydrogens (tertiary/aromatic N) is 1. The van der Waals surface area contributed by atoms with E-state index >= 15 is 0 Å². The number of allylic oxidation sites excluding steroid dienone is 1. The monoisotopic (exact) mass is 663 g/mol. The van der Waals surface area contributed by atoms with Crippen LogP contribution in [-0.4, -0.2) is 64.8 Å². The van der Waals surface area contributed by atoms with E-state index in [1.165, 1.54) is 0 Å². The van der Waals surface area contributed by atoms with Crippen molar-refractivity contribution in [3.8, 4) is 11.5 Å². The van der Waals surface area contributed by atoms with Crippen LogP contribution in [0.2, 0.25) is 0 Å². The van der Waals surface area contributed by atoms with Crippen LogP contribution in [0.1, 0.15) is 75.7 Å². The maximum Gasteiger partial charge on any atom is 0.231 e. The van der Waals surface area contributed by atoms with Gasteiger partial charge in [0.2, 0.25) is 12.1 Å². The summed E-state index contributed by atoms with van der Waals surface area (Å²) in [7, 11) is 0. The van der Waals surface area contributed by atoms with Gasteiger partial charge in [0.1, 0.15) is 11.5 Å². The largest absolute Gasteiger partial charge is 0.508 e. The number of phenols is 1. The molecule has 1 saturated carbocycles. The number of fused-ring (bicyclic) bond motifs is 2. The van der Waals surface area contributed by atoms with Gasteiger partial charge in [-0.25, -0.2) is 0 Å². The fourth-order valence-corrected chi connectivity index (χ4v) is 9.33. The number of oxime groups is 1. The number of unbranched alkanes of at least 4 members (excludes halogenated alkanes) is 2. The van der Waals surface area contributed by atoms with Crippen LogP contribution in [0, 0.1) is 17.8 Å². The quantitative estimate of drug-likeness (QED) is 0.103. The Morgan fingerprint density at radius 2 is 1.83 bits per heavy atom. The third-order valence-electron chi connectivity index (χ3n) is 10.1. The second kappa shape index (κ2) is 16.1. The van der Waals surface area contributed by atoms with E-state index in [9.17, 15) is 15.3 Å². The van der Waals surface area contributed by atoms with Crippen molar-refractivity contribution >= 4 is 17.5 Å². The molecule has 8 nitrogen and oxygen atoms in total. The molecule has 47 heavy (non-hydrogen) atoms. The molecule has 0 radical (unpaired) electrons. The van der Waals surface area contributed by atoms with E-state index < -0.39 is 5.79 Å². The maximum absolute atomic E-state index is 10.8. The molecule has 0 aromatic heterocycles. The molecule has 0 bridgehead atoms. The molecule has 6 rings (SSSR count). The summed E-state index contributed by atoms with van der Waals surface area (Å²) in [5, 5.41) is 34.9. The van der Waals surface area contributed by atoms with Crippen LogP contribution in [0.3, 0.4) is 0 Å². The van der Waals surface area contributed by atoms with Gasteiger partial charge in [-0.2, -0.15) is 0 Å². The summed E-state index contributed by atoms with van der Waals surface area (Å²) < 4.78 is 19.9. The molecule has 254 valence electrons. The first-order chi connectivity index (χ1) is 23.1. The first-order valence-electron chi connectivity index (χ1n) is 17.3. The lowest BCUT2D eigenvalue weighted by Crippen LogP contribution is -2.64. The van der Waals surface area contributed by atoms with Gasteiger partial charge in [-0.3, -0.25) is 0 Å². The zero-order valence-corrected chi connectivity index (χ0v) is 28.0. The number of aromatic hydroxyl groups is 1. The van der Waals surface area contributed by atoms with E-state index in [0.717, 1.165) is 85.3 Å². The third kappa shape index (κ3) is 7.44. The van der Waals surface area contributed by atoms with Gasteiger partial charge in [-0.15, -0.1) is 18.3 Å². The number of aliphatic hydroxyl groups excluding tert-OH is 2. The average Bonchev–Trinajstić information content (AvgIpc) is 3.10. The Morgan fingerprint density at radius 3 is 2.57 bits per heavy atom. The summed E-state index contributed by atoms with van der Waals surface area (Å²) in [6.07, 6.45) is 12.3. The molecule has 2 aromatic carbocycles. The van der Waals surface area contributed by atoms with Crippen molar-refractivity contribution in [3.63, 3.8) is 0 Å². The minimum Gasteiger partial charge on any atom is -0.508 e. The molecule has 2 aromatic rings. The predicted octanol–water partition coefficient (Wildman–Crippen LogP) is 7.34. The zero-order chi connectivity index (χ0) is 32.6. The van der Waals surface area contributed by atoms with Crippen molar-refractivity contribution < 1.29 is 34.4 Å². The molecule has 2 aliphatic carbocycles. The van der Waals surface area contributed by atoms with Gasteiger partial charge >= 0.3 is 0 Å². The highest BCUT2D eigenvalue weighted by Gasteiger charge is 2.64. The van der Waals surface area contributed by atoms with Crippen LogP contribution >= 0.6 is 11.8 Å². The van der Waals surface area contributed by atoms with Crippen LogP contribution in [0.5, 0.6) is 11.5 Å². The molecule has 7 atom stereocenters. The molecule has 2 aliphatic heterocycles. The molecule has 1 saturated heterocycles. The van der Waals surface area contributed by atoms with Crippen molar-refractivity contribution in [2.45, 2.75) is 92.3 Å². The highest BCUT2D eigenvalue weighted by molar-refractivity contribution is 8.00. The van der Waals surface area contributed by atoms with Crippen molar-refractivity contribution in [2.24, 2.45) is 22.9 Å².